The Kier molecular flexibility index (Phi) is 5.77. The van der Waals surface area contributed by atoms with E-state index in [1.807, 2.05) is 6.08 Å². The molecule has 2 nitrogen and oxygen atoms in total. The Labute approximate surface area is 294 Å². The summed E-state index contributed by atoms with van der Waals surface area (Å²) in [5, 5.41) is 16.6. The van der Waals surface area contributed by atoms with Gasteiger partial charge in [-0.05, 0) is 97.9 Å². The summed E-state index contributed by atoms with van der Waals surface area (Å²) in [5.41, 5.74) is 8.25. The summed E-state index contributed by atoms with van der Waals surface area (Å²) < 4.78 is 4.89. The number of benzene rings is 9. The number of allylic oxidation sites excluding steroid dienone is 1. The molecule has 0 unspecified atom stereocenters. The van der Waals surface area contributed by atoms with E-state index < -0.39 is 0 Å². The molecule has 0 aliphatic rings. The molecule has 0 aliphatic carbocycles. The van der Waals surface area contributed by atoms with Gasteiger partial charge in [0.05, 0.1) is 27.9 Å². The highest BCUT2D eigenvalue weighted by atomic mass is 15.0. The number of nitrogens with zero attached hydrogens (tertiary/aromatic N) is 2. The van der Waals surface area contributed by atoms with E-state index in [-0.39, 0.29) is 0 Å². The first-order valence-electron chi connectivity index (χ1n) is 17.7. The summed E-state index contributed by atoms with van der Waals surface area (Å²) in [7, 11) is 0. The van der Waals surface area contributed by atoms with Crippen LogP contribution < -0.4 is 0 Å². The molecule has 0 saturated heterocycles. The number of para-hydroxylation sites is 2. The van der Waals surface area contributed by atoms with E-state index in [0.29, 0.717) is 0 Å². The first-order chi connectivity index (χ1) is 25.3. The second-order valence-corrected chi connectivity index (χ2v) is 13.6. The fraction of sp³-hybridized carbons (Fsp3) is 0.0204. The summed E-state index contributed by atoms with van der Waals surface area (Å²) in [4.78, 5) is 0. The van der Waals surface area contributed by atoms with Crippen molar-refractivity contribution in [2.75, 3.05) is 0 Å². The second-order valence-electron chi connectivity index (χ2n) is 13.6. The van der Waals surface area contributed by atoms with Crippen molar-refractivity contribution < 1.29 is 0 Å². The minimum Gasteiger partial charge on any atom is -0.309 e. The van der Waals surface area contributed by atoms with Crippen LogP contribution in [0.15, 0.2) is 158 Å². The van der Waals surface area contributed by atoms with Crippen molar-refractivity contribution in [3.63, 3.8) is 0 Å². The van der Waals surface area contributed by atoms with E-state index in [2.05, 4.69) is 180 Å². The van der Waals surface area contributed by atoms with Crippen molar-refractivity contribution in [1.29, 1.82) is 0 Å². The Bertz CT molecular complexity index is 3260. The van der Waals surface area contributed by atoms with Gasteiger partial charge in [0.15, 0.2) is 0 Å². The van der Waals surface area contributed by atoms with Gasteiger partial charge in [-0.1, -0.05) is 128 Å². The molecule has 0 N–H and O–H groups in total. The average molecular weight is 649 g/mol. The van der Waals surface area contributed by atoms with Crippen molar-refractivity contribution in [2.24, 2.45) is 0 Å². The van der Waals surface area contributed by atoms with Crippen LogP contribution in [0.4, 0.5) is 0 Å². The normalized spacial score (nSPS) is 12.4. The van der Waals surface area contributed by atoms with E-state index in [1.165, 1.54) is 97.8 Å². The molecule has 2 heteroatoms. The van der Waals surface area contributed by atoms with Gasteiger partial charge >= 0.3 is 0 Å². The molecule has 0 spiro atoms. The van der Waals surface area contributed by atoms with Crippen LogP contribution in [0.25, 0.3) is 110 Å². The summed E-state index contributed by atoms with van der Waals surface area (Å²) in [6.45, 7) is 6.43. The van der Waals surface area contributed by atoms with Crippen LogP contribution in [0.5, 0.6) is 0 Å². The third kappa shape index (κ3) is 3.66. The fourth-order valence-corrected chi connectivity index (χ4v) is 9.18. The van der Waals surface area contributed by atoms with Gasteiger partial charge < -0.3 is 9.13 Å². The second kappa shape index (κ2) is 10.4. The van der Waals surface area contributed by atoms with Crippen molar-refractivity contribution in [3.8, 4) is 11.4 Å². The smallest absolute Gasteiger partial charge is 0.0554 e. The van der Waals surface area contributed by atoms with Gasteiger partial charge in [-0.2, -0.15) is 0 Å². The van der Waals surface area contributed by atoms with Crippen LogP contribution in [-0.2, 0) is 0 Å². The zero-order chi connectivity index (χ0) is 33.8. The summed E-state index contributed by atoms with van der Waals surface area (Å²) >= 11 is 0. The highest BCUT2D eigenvalue weighted by molar-refractivity contribution is 6.40. The van der Waals surface area contributed by atoms with Crippen LogP contribution in [0.1, 0.15) is 18.2 Å². The summed E-state index contributed by atoms with van der Waals surface area (Å²) in [6.07, 6.45) is 6.40. The van der Waals surface area contributed by atoms with Gasteiger partial charge in [0, 0.05) is 32.8 Å². The zero-order valence-corrected chi connectivity index (χ0v) is 28.2. The van der Waals surface area contributed by atoms with E-state index in [0.717, 1.165) is 11.4 Å². The van der Waals surface area contributed by atoms with Gasteiger partial charge in [-0.25, -0.2) is 0 Å². The number of hydrogen-bond acceptors (Lipinski definition) is 0. The van der Waals surface area contributed by atoms with Crippen LogP contribution >= 0.6 is 0 Å². The Hall–Kier alpha value is -6.64. The molecule has 11 aromatic rings. The Morgan fingerprint density at radius 3 is 1.75 bits per heavy atom. The molecule has 238 valence electrons. The molecule has 51 heavy (non-hydrogen) atoms. The predicted molar refractivity (Wildman–Crippen MR) is 221 cm³/mol. The maximum absolute atomic E-state index is 4.33. The minimum absolute atomic E-state index is 1.10. The zero-order valence-electron chi connectivity index (χ0n) is 28.2. The highest BCUT2D eigenvalue weighted by Crippen LogP contribution is 2.49. The predicted octanol–water partition coefficient (Wildman–Crippen LogP) is 13.6. The number of fused-ring (bicyclic) bond motifs is 9. The number of hydrogen-bond donors (Lipinski definition) is 0. The number of aromatic nitrogens is 2. The van der Waals surface area contributed by atoms with Gasteiger partial charge in [-0.3, -0.25) is 0 Å². The van der Waals surface area contributed by atoms with Gasteiger partial charge in [0.2, 0.25) is 0 Å². The van der Waals surface area contributed by atoms with E-state index in [1.54, 1.807) is 0 Å². The highest BCUT2D eigenvalue weighted by Gasteiger charge is 2.24. The molecule has 2 heterocycles. The quantitative estimate of drug-likeness (QED) is 0.133. The van der Waals surface area contributed by atoms with Crippen molar-refractivity contribution in [1.82, 2.24) is 9.13 Å². The maximum Gasteiger partial charge on any atom is 0.0554 e. The molecule has 0 saturated carbocycles. The molecule has 11 rings (SSSR count). The lowest BCUT2D eigenvalue weighted by molar-refractivity contribution is 1.11. The molecule has 0 bridgehead atoms. The molecule has 0 amide bonds. The van der Waals surface area contributed by atoms with Gasteiger partial charge in [0.1, 0.15) is 0 Å². The molecule has 0 radical (unpaired) electrons. The molecule has 9 aromatic carbocycles. The lowest BCUT2D eigenvalue weighted by Gasteiger charge is -2.18. The number of rotatable bonds is 4. The molecule has 0 aliphatic heterocycles. The van der Waals surface area contributed by atoms with E-state index in [4.69, 9.17) is 0 Å². The maximum atomic E-state index is 4.33. The van der Waals surface area contributed by atoms with Crippen LogP contribution in [0.2, 0.25) is 0 Å². The van der Waals surface area contributed by atoms with Crippen LogP contribution in [-0.4, -0.2) is 9.13 Å². The van der Waals surface area contributed by atoms with Crippen LogP contribution in [0, 0.1) is 0 Å². The lowest BCUT2D eigenvalue weighted by Crippen LogP contribution is -1.97. The Balaban J connectivity index is 1.41. The fourth-order valence-electron chi connectivity index (χ4n) is 9.18. The standard InChI is InChI=1S/C49H32N2/c1-3-15-35-41(4-2)50(31-18-6-5-7-19-31)44-28-39-40-29-45-49(38-25-14-23-34(47(38)40)33-22-13-24-37(46(33)39)48(35)44)36-21-10-11-26-43(36)51(45)42-27-12-17-30-16-8-9-20-32(30)42/h3-29H,2H2,1H3/b15-3-. The SMILES string of the molecule is C=Cc1c(/C=C\C)c2c3cccc4c5cccc6c5c(cc5c6c6ccccc6n5-c5cccc6ccccc56)c(cc2n1-c1ccccc1)c43. The molecular formula is C49H32N2. The third-order valence-electron chi connectivity index (χ3n) is 11.1. The average Bonchev–Trinajstić information content (AvgIpc) is 3.69. The summed E-state index contributed by atoms with van der Waals surface area (Å²) in [6, 6.07) is 53.7. The van der Waals surface area contributed by atoms with Gasteiger partial charge in [-0.15, -0.1) is 0 Å². The molecule has 0 fully saturated rings. The molecule has 2 aromatic heterocycles. The first kappa shape index (κ1) is 28.2. The topological polar surface area (TPSA) is 9.86 Å². The van der Waals surface area contributed by atoms with E-state index in [9.17, 15) is 0 Å². The van der Waals surface area contributed by atoms with Crippen LogP contribution in [0.3, 0.4) is 0 Å². The minimum atomic E-state index is 1.10. The Morgan fingerprint density at radius 1 is 0.451 bits per heavy atom. The monoisotopic (exact) mass is 648 g/mol. The third-order valence-corrected chi connectivity index (χ3v) is 11.1. The molecular weight excluding hydrogens is 617 g/mol. The summed E-state index contributed by atoms with van der Waals surface area (Å²) in [5.74, 6) is 0. The first-order valence-corrected chi connectivity index (χ1v) is 17.7. The largest absolute Gasteiger partial charge is 0.309 e. The lowest BCUT2D eigenvalue weighted by atomic mass is 9.87. The van der Waals surface area contributed by atoms with E-state index >= 15 is 0 Å². The van der Waals surface area contributed by atoms with Crippen molar-refractivity contribution in [3.05, 3.63) is 170 Å². The van der Waals surface area contributed by atoms with Crippen molar-refractivity contribution >= 4 is 98.7 Å². The molecule has 0 atom stereocenters. The van der Waals surface area contributed by atoms with Gasteiger partial charge in [0.25, 0.3) is 0 Å². The van der Waals surface area contributed by atoms with Crippen molar-refractivity contribution in [2.45, 2.75) is 6.92 Å². The Morgan fingerprint density at radius 2 is 1.02 bits per heavy atom.